The maximum absolute atomic E-state index is 12.2. The summed E-state index contributed by atoms with van der Waals surface area (Å²) in [6.45, 7) is 3.81. The maximum atomic E-state index is 12.2. The van der Waals surface area contributed by atoms with E-state index in [0.29, 0.717) is 16.3 Å². The fraction of sp³-hybridized carbons (Fsp3) is 0.227. The molecule has 2 aromatic carbocycles. The van der Waals surface area contributed by atoms with Crippen LogP contribution in [-0.2, 0) is 21.1 Å². The van der Waals surface area contributed by atoms with Gasteiger partial charge in [-0.1, -0.05) is 58.2 Å². The Labute approximate surface area is 175 Å². The van der Waals surface area contributed by atoms with Crippen molar-refractivity contribution in [3.8, 4) is 11.8 Å². The van der Waals surface area contributed by atoms with Crippen molar-refractivity contribution in [2.75, 3.05) is 14.2 Å². The predicted octanol–water partition coefficient (Wildman–Crippen LogP) is 3.69. The summed E-state index contributed by atoms with van der Waals surface area (Å²) in [5.74, 6) is 5.51. The van der Waals surface area contributed by atoms with E-state index in [1.807, 2.05) is 37.3 Å². The maximum Gasteiger partial charge on any atom is 0.273 e. The summed E-state index contributed by atoms with van der Waals surface area (Å²) in [6.07, 6.45) is 0. The second kappa shape index (κ2) is 10.9. The van der Waals surface area contributed by atoms with Gasteiger partial charge in [-0.2, -0.15) is 0 Å². The Kier molecular flexibility index (Phi) is 8.26. The standard InChI is InChI=1S/C22H22ClN3O3/c1-15-8-7-10-18(21(26-28-4)22(27)24-3)19(15)14-29-25-16(2)12-13-17-9-5-6-11-20(17)23/h5-11H,14H2,1-4H3,(H,24,27)/b25-16+,26-21+. The van der Waals surface area contributed by atoms with Gasteiger partial charge >= 0.3 is 0 Å². The Bertz CT molecular complexity index is 1000. The molecule has 0 aliphatic carbocycles. The average molecular weight is 412 g/mol. The second-order valence-electron chi connectivity index (χ2n) is 5.98. The van der Waals surface area contributed by atoms with E-state index >= 15 is 0 Å². The van der Waals surface area contributed by atoms with E-state index in [9.17, 15) is 4.79 Å². The zero-order valence-corrected chi connectivity index (χ0v) is 17.5. The molecule has 0 saturated heterocycles. The number of likely N-dealkylation sites (N-methyl/N-ethyl adjacent to an activating group) is 1. The van der Waals surface area contributed by atoms with Crippen LogP contribution in [0, 0.1) is 18.8 Å². The summed E-state index contributed by atoms with van der Waals surface area (Å²) >= 11 is 6.09. The van der Waals surface area contributed by atoms with Gasteiger partial charge in [0.25, 0.3) is 5.91 Å². The zero-order chi connectivity index (χ0) is 21.2. The number of aryl methyl sites for hydroxylation is 1. The summed E-state index contributed by atoms with van der Waals surface area (Å²) in [4.78, 5) is 22.5. The van der Waals surface area contributed by atoms with Gasteiger partial charge in [-0.15, -0.1) is 0 Å². The fourth-order valence-electron chi connectivity index (χ4n) is 2.48. The molecule has 0 aliphatic rings. The highest BCUT2D eigenvalue weighted by molar-refractivity contribution is 6.45. The quantitative estimate of drug-likeness (QED) is 0.447. The van der Waals surface area contributed by atoms with E-state index in [1.54, 1.807) is 19.1 Å². The minimum atomic E-state index is -0.357. The molecule has 6 nitrogen and oxygen atoms in total. The average Bonchev–Trinajstić information content (AvgIpc) is 2.72. The first-order valence-corrected chi connectivity index (χ1v) is 9.21. The van der Waals surface area contributed by atoms with E-state index in [4.69, 9.17) is 21.3 Å². The molecule has 2 rings (SSSR count). The Hall–Kier alpha value is -3.30. The van der Waals surface area contributed by atoms with E-state index in [0.717, 1.165) is 16.7 Å². The molecule has 0 fully saturated rings. The number of hydrogen-bond donors (Lipinski definition) is 1. The van der Waals surface area contributed by atoms with Crippen molar-refractivity contribution < 1.29 is 14.5 Å². The van der Waals surface area contributed by atoms with Gasteiger partial charge in [0.2, 0.25) is 0 Å². The van der Waals surface area contributed by atoms with Crippen LogP contribution in [0.1, 0.15) is 29.2 Å². The molecule has 0 aromatic heterocycles. The van der Waals surface area contributed by atoms with Crippen LogP contribution in [0.4, 0.5) is 0 Å². The van der Waals surface area contributed by atoms with Gasteiger partial charge in [0.15, 0.2) is 5.71 Å². The molecule has 1 N–H and O–H groups in total. The number of rotatable bonds is 6. The molecule has 0 unspecified atom stereocenters. The number of hydrogen-bond acceptors (Lipinski definition) is 5. The molecule has 0 saturated carbocycles. The lowest BCUT2D eigenvalue weighted by atomic mass is 9.98. The summed E-state index contributed by atoms with van der Waals surface area (Å²) in [7, 11) is 2.92. The van der Waals surface area contributed by atoms with Gasteiger partial charge in [-0.05, 0) is 37.5 Å². The Balaban J connectivity index is 2.21. The van der Waals surface area contributed by atoms with Crippen LogP contribution in [-0.4, -0.2) is 31.5 Å². The van der Waals surface area contributed by atoms with Gasteiger partial charge in [0.1, 0.15) is 19.4 Å². The molecule has 0 radical (unpaired) electrons. The lowest BCUT2D eigenvalue weighted by molar-refractivity contribution is -0.114. The summed E-state index contributed by atoms with van der Waals surface area (Å²) < 4.78 is 0. The summed E-state index contributed by atoms with van der Waals surface area (Å²) in [5.41, 5.74) is 3.71. The molecule has 2 aromatic rings. The van der Waals surface area contributed by atoms with Crippen molar-refractivity contribution in [2.24, 2.45) is 10.3 Å². The molecule has 7 heteroatoms. The van der Waals surface area contributed by atoms with Gasteiger partial charge in [-0.25, -0.2) is 0 Å². The van der Waals surface area contributed by atoms with Crippen molar-refractivity contribution in [2.45, 2.75) is 20.5 Å². The number of halogens is 1. The Morgan fingerprint density at radius 2 is 1.93 bits per heavy atom. The fourth-order valence-corrected chi connectivity index (χ4v) is 2.66. The predicted molar refractivity (Wildman–Crippen MR) is 115 cm³/mol. The van der Waals surface area contributed by atoms with E-state index in [2.05, 4.69) is 27.5 Å². The van der Waals surface area contributed by atoms with E-state index in [1.165, 1.54) is 14.2 Å². The lowest BCUT2D eigenvalue weighted by Crippen LogP contribution is -2.29. The molecular formula is C22H22ClN3O3. The second-order valence-corrected chi connectivity index (χ2v) is 6.39. The van der Waals surface area contributed by atoms with Crippen LogP contribution in [0.2, 0.25) is 5.02 Å². The van der Waals surface area contributed by atoms with Crippen LogP contribution in [0.5, 0.6) is 0 Å². The number of benzene rings is 2. The van der Waals surface area contributed by atoms with Crippen LogP contribution >= 0.6 is 11.6 Å². The molecule has 0 bridgehead atoms. The van der Waals surface area contributed by atoms with Crippen molar-refractivity contribution in [3.05, 3.63) is 69.7 Å². The first kappa shape index (κ1) is 22.0. The van der Waals surface area contributed by atoms with Gasteiger partial charge in [0.05, 0.1) is 5.02 Å². The van der Waals surface area contributed by atoms with Crippen LogP contribution in [0.15, 0.2) is 52.8 Å². The van der Waals surface area contributed by atoms with Crippen LogP contribution < -0.4 is 5.32 Å². The van der Waals surface area contributed by atoms with Gasteiger partial charge in [-0.3, -0.25) is 4.79 Å². The number of nitrogens with one attached hydrogen (secondary N) is 1. The molecule has 0 heterocycles. The summed E-state index contributed by atoms with van der Waals surface area (Å²) in [5, 5.41) is 11.0. The third-order valence-corrected chi connectivity index (χ3v) is 4.28. The molecule has 1 amide bonds. The SMILES string of the molecule is CNC(=O)/C(=N/OC)c1cccc(C)c1CO/N=C(\C)C#Cc1ccccc1Cl. The summed E-state index contributed by atoms with van der Waals surface area (Å²) in [6, 6.07) is 12.9. The minimum absolute atomic E-state index is 0.146. The lowest BCUT2D eigenvalue weighted by Gasteiger charge is -2.12. The molecule has 29 heavy (non-hydrogen) atoms. The number of amides is 1. The molecule has 150 valence electrons. The highest BCUT2D eigenvalue weighted by atomic mass is 35.5. The largest absolute Gasteiger partial charge is 0.398 e. The number of carbonyl (C=O) groups excluding carboxylic acids is 1. The van der Waals surface area contributed by atoms with Crippen molar-refractivity contribution in [1.82, 2.24) is 5.32 Å². The monoisotopic (exact) mass is 411 g/mol. The molecule has 0 spiro atoms. The molecular weight excluding hydrogens is 390 g/mol. The Morgan fingerprint density at radius 3 is 2.62 bits per heavy atom. The van der Waals surface area contributed by atoms with Crippen molar-refractivity contribution in [1.29, 1.82) is 0 Å². The zero-order valence-electron chi connectivity index (χ0n) is 16.7. The molecule has 0 aliphatic heterocycles. The highest BCUT2D eigenvalue weighted by Gasteiger charge is 2.19. The first-order chi connectivity index (χ1) is 14.0. The third kappa shape index (κ3) is 6.09. The topological polar surface area (TPSA) is 72.3 Å². The first-order valence-electron chi connectivity index (χ1n) is 8.83. The van der Waals surface area contributed by atoms with Crippen molar-refractivity contribution >= 4 is 28.9 Å². The number of nitrogens with zero attached hydrogens (tertiary/aromatic N) is 2. The van der Waals surface area contributed by atoms with E-state index < -0.39 is 0 Å². The number of oxime groups is 2. The third-order valence-electron chi connectivity index (χ3n) is 3.95. The normalized spacial score (nSPS) is 11.3. The van der Waals surface area contributed by atoms with Gasteiger partial charge in [0, 0.05) is 23.7 Å². The van der Waals surface area contributed by atoms with Gasteiger partial charge < -0.3 is 15.0 Å². The highest BCUT2D eigenvalue weighted by Crippen LogP contribution is 2.17. The van der Waals surface area contributed by atoms with Crippen LogP contribution in [0.25, 0.3) is 0 Å². The minimum Gasteiger partial charge on any atom is -0.398 e. The van der Waals surface area contributed by atoms with Crippen LogP contribution in [0.3, 0.4) is 0 Å². The van der Waals surface area contributed by atoms with Crippen molar-refractivity contribution in [3.63, 3.8) is 0 Å². The van der Waals surface area contributed by atoms with E-state index in [-0.39, 0.29) is 18.2 Å². The number of carbonyl (C=O) groups is 1. The molecule has 0 atom stereocenters. The smallest absolute Gasteiger partial charge is 0.273 e. The Morgan fingerprint density at radius 1 is 1.17 bits per heavy atom.